The third-order valence-corrected chi connectivity index (χ3v) is 7.91. The van der Waals surface area contributed by atoms with Gasteiger partial charge in [-0.15, -0.1) is 6.58 Å². The number of nitrogens with zero attached hydrogens (tertiary/aromatic N) is 5. The zero-order valence-corrected chi connectivity index (χ0v) is 25.1. The van der Waals surface area contributed by atoms with Crippen LogP contribution in [0.1, 0.15) is 50.1 Å². The summed E-state index contributed by atoms with van der Waals surface area (Å²) in [5, 5.41) is 49.2. The molecule has 242 valence electrons. The fraction of sp³-hybridized carbons (Fsp3) is 0.114. The van der Waals surface area contributed by atoms with E-state index in [1.807, 2.05) is 0 Å². The third kappa shape index (κ3) is 5.10. The summed E-state index contributed by atoms with van der Waals surface area (Å²) in [5.74, 6) is -17.1. The average Bonchev–Trinajstić information content (AvgIpc) is 3.80. The molecule has 1 fully saturated rings. The molecule has 0 bridgehead atoms. The van der Waals surface area contributed by atoms with E-state index in [9.17, 15) is 38.6 Å². The first kappa shape index (κ1) is 35.3. The van der Waals surface area contributed by atoms with Gasteiger partial charge in [0.05, 0.1) is 33.4 Å². The Morgan fingerprint density at radius 3 is 1.27 bits per heavy atom. The summed E-state index contributed by atoms with van der Waals surface area (Å²) in [4.78, 5) is 0. The van der Waals surface area contributed by atoms with Crippen LogP contribution in [0.3, 0.4) is 0 Å². The van der Waals surface area contributed by atoms with Crippen molar-refractivity contribution in [1.29, 1.82) is 26.3 Å². The topological polar surface area (TPSA) is 119 Å². The Labute approximate surface area is 271 Å². The van der Waals surface area contributed by atoms with Crippen LogP contribution >= 0.6 is 0 Å². The quantitative estimate of drug-likeness (QED) is 0.116. The standard InChI is InChI=1S/C35H14F9N5/c1-5-6-15-16(7-45)27(36)14(4)29(38)21(15)17(8-46)22-23(18(9-47)25-28(37)12(2)13(3)30(39)33(25)42)24(22)19(10-48)26-34(43)31(40)20(11-49)32(41)35(26)44/h5H,1,6H2,2-4H3. The SMILES string of the molecule is C=CCc1c(C#N)c(F)c(C)c(F)c1C(C#N)=C1C(=C(C#N)c2c(F)c(C)c(C)c(F)c2F)C1=C(C#N)c1c(F)c(F)c(C#N)c(F)c1F. The van der Waals surface area contributed by atoms with Crippen molar-refractivity contribution in [2.75, 3.05) is 0 Å². The highest BCUT2D eigenvalue weighted by molar-refractivity contribution is 6.12. The number of hydrogen-bond donors (Lipinski definition) is 0. The van der Waals surface area contributed by atoms with Crippen LogP contribution < -0.4 is 0 Å². The van der Waals surface area contributed by atoms with Gasteiger partial charge in [0.2, 0.25) is 0 Å². The molecule has 0 N–H and O–H groups in total. The van der Waals surface area contributed by atoms with Crippen LogP contribution in [-0.2, 0) is 6.42 Å². The summed E-state index contributed by atoms with van der Waals surface area (Å²) in [7, 11) is 0. The molecule has 14 heteroatoms. The molecule has 0 heterocycles. The van der Waals surface area contributed by atoms with Crippen LogP contribution in [0.25, 0.3) is 16.7 Å². The predicted molar refractivity (Wildman–Crippen MR) is 154 cm³/mol. The minimum Gasteiger partial charge on any atom is -0.206 e. The molecule has 0 aliphatic heterocycles. The van der Waals surface area contributed by atoms with Crippen molar-refractivity contribution in [3.63, 3.8) is 0 Å². The van der Waals surface area contributed by atoms with Gasteiger partial charge < -0.3 is 0 Å². The molecule has 4 rings (SSSR count). The maximum atomic E-state index is 15.9. The summed E-state index contributed by atoms with van der Waals surface area (Å²) in [6.07, 6.45) is 0.574. The first-order valence-electron chi connectivity index (χ1n) is 13.5. The first-order valence-corrected chi connectivity index (χ1v) is 13.5. The average molecular weight is 676 g/mol. The molecule has 3 aromatic rings. The smallest absolute Gasteiger partial charge is 0.180 e. The summed E-state index contributed by atoms with van der Waals surface area (Å²) in [5.41, 5.74) is -15.3. The number of halogens is 9. The van der Waals surface area contributed by atoms with Crippen molar-refractivity contribution in [2.45, 2.75) is 27.2 Å². The van der Waals surface area contributed by atoms with Crippen molar-refractivity contribution in [1.82, 2.24) is 0 Å². The van der Waals surface area contributed by atoms with Gasteiger partial charge in [0.25, 0.3) is 0 Å². The molecule has 0 atom stereocenters. The Morgan fingerprint density at radius 1 is 0.490 bits per heavy atom. The molecular formula is C35H14F9N5. The lowest BCUT2D eigenvalue weighted by Gasteiger charge is -2.14. The monoisotopic (exact) mass is 675 g/mol. The normalized spacial score (nSPS) is 14.9. The molecule has 49 heavy (non-hydrogen) atoms. The van der Waals surface area contributed by atoms with E-state index in [-0.39, 0.29) is 0 Å². The molecule has 0 saturated heterocycles. The fourth-order valence-corrected chi connectivity index (χ4v) is 5.29. The second-order valence-electron chi connectivity index (χ2n) is 10.4. The van der Waals surface area contributed by atoms with Gasteiger partial charge >= 0.3 is 0 Å². The lowest BCUT2D eigenvalue weighted by atomic mass is 9.89. The molecule has 0 aromatic heterocycles. The minimum absolute atomic E-state index is 0.500. The van der Waals surface area contributed by atoms with Crippen molar-refractivity contribution in [2.24, 2.45) is 0 Å². The summed E-state index contributed by atoms with van der Waals surface area (Å²) in [6, 6.07) is 6.54. The zero-order chi connectivity index (χ0) is 36.8. The largest absolute Gasteiger partial charge is 0.206 e. The van der Waals surface area contributed by atoms with Gasteiger partial charge in [-0.1, -0.05) is 6.08 Å². The summed E-state index contributed by atoms with van der Waals surface area (Å²) < 4.78 is 137. The molecule has 1 aliphatic rings. The molecule has 0 amide bonds. The van der Waals surface area contributed by atoms with Crippen LogP contribution in [0.5, 0.6) is 0 Å². The highest BCUT2D eigenvalue weighted by Gasteiger charge is 2.45. The van der Waals surface area contributed by atoms with Crippen LogP contribution in [0.4, 0.5) is 39.5 Å². The molecule has 1 aliphatic carbocycles. The Kier molecular flexibility index (Phi) is 9.30. The fourth-order valence-electron chi connectivity index (χ4n) is 5.29. The van der Waals surface area contributed by atoms with E-state index in [2.05, 4.69) is 6.58 Å². The van der Waals surface area contributed by atoms with Crippen molar-refractivity contribution < 1.29 is 39.5 Å². The van der Waals surface area contributed by atoms with Crippen LogP contribution in [0, 0.1) is 130 Å². The Hall–Kier alpha value is -6.56. The lowest BCUT2D eigenvalue weighted by molar-refractivity contribution is 0.447. The van der Waals surface area contributed by atoms with Gasteiger partial charge in [-0.05, 0) is 43.9 Å². The molecule has 1 saturated carbocycles. The molecular weight excluding hydrogens is 661 g/mol. The van der Waals surface area contributed by atoms with Crippen LogP contribution in [0.15, 0.2) is 29.4 Å². The van der Waals surface area contributed by atoms with E-state index in [1.54, 1.807) is 0 Å². The number of benzene rings is 3. The Morgan fingerprint density at radius 2 is 0.857 bits per heavy atom. The van der Waals surface area contributed by atoms with Crippen molar-refractivity contribution in [3.05, 3.63) is 132 Å². The maximum absolute atomic E-state index is 15.9. The van der Waals surface area contributed by atoms with E-state index in [4.69, 9.17) is 5.26 Å². The van der Waals surface area contributed by atoms with E-state index in [0.717, 1.165) is 32.9 Å². The predicted octanol–water partition coefficient (Wildman–Crippen LogP) is 8.58. The minimum atomic E-state index is -2.31. The van der Waals surface area contributed by atoms with Crippen molar-refractivity contribution >= 4 is 16.7 Å². The summed E-state index contributed by atoms with van der Waals surface area (Å²) in [6.45, 7) is 6.32. The Balaban J connectivity index is 2.41. The van der Waals surface area contributed by atoms with E-state index < -0.39 is 142 Å². The van der Waals surface area contributed by atoms with Crippen LogP contribution in [0.2, 0.25) is 0 Å². The zero-order valence-electron chi connectivity index (χ0n) is 25.1. The van der Waals surface area contributed by atoms with E-state index in [0.29, 0.717) is 0 Å². The molecule has 3 aromatic carbocycles. The molecule has 0 unspecified atom stereocenters. The lowest BCUT2D eigenvalue weighted by Crippen LogP contribution is -2.07. The Bertz CT molecular complexity index is 2340. The van der Waals surface area contributed by atoms with Gasteiger partial charge in [0.15, 0.2) is 34.9 Å². The van der Waals surface area contributed by atoms with Crippen LogP contribution in [-0.4, -0.2) is 0 Å². The molecule has 5 nitrogen and oxygen atoms in total. The number of nitriles is 5. The second kappa shape index (κ2) is 12.9. The van der Waals surface area contributed by atoms with E-state index >= 15 is 22.0 Å². The number of allylic oxidation sites excluding steroid dienone is 7. The molecule has 0 radical (unpaired) electrons. The van der Waals surface area contributed by atoms with Gasteiger partial charge in [0, 0.05) is 27.8 Å². The second-order valence-corrected chi connectivity index (χ2v) is 10.4. The highest BCUT2D eigenvalue weighted by Crippen LogP contribution is 2.57. The first-order chi connectivity index (χ1) is 23.1. The van der Waals surface area contributed by atoms with Gasteiger partial charge in [-0.2, -0.15) is 26.3 Å². The third-order valence-electron chi connectivity index (χ3n) is 7.91. The van der Waals surface area contributed by atoms with Gasteiger partial charge in [-0.25, -0.2) is 39.5 Å². The number of hydrogen-bond acceptors (Lipinski definition) is 5. The van der Waals surface area contributed by atoms with Crippen molar-refractivity contribution in [3.8, 4) is 30.3 Å². The maximum Gasteiger partial charge on any atom is 0.180 e. The van der Waals surface area contributed by atoms with Gasteiger partial charge in [0.1, 0.15) is 53.4 Å². The molecule has 0 spiro atoms. The van der Waals surface area contributed by atoms with Gasteiger partial charge in [-0.3, -0.25) is 0 Å². The highest BCUT2D eigenvalue weighted by atomic mass is 19.2. The van der Waals surface area contributed by atoms with E-state index in [1.165, 1.54) is 24.3 Å². The summed E-state index contributed by atoms with van der Waals surface area (Å²) >= 11 is 0. The number of rotatable bonds is 5.